The first-order valence-electron chi connectivity index (χ1n) is 5.98. The lowest BCUT2D eigenvalue weighted by Gasteiger charge is -2.26. The fourth-order valence-corrected chi connectivity index (χ4v) is 4.25. The third kappa shape index (κ3) is 3.59. The van der Waals surface area contributed by atoms with Gasteiger partial charge in [-0.25, -0.2) is 12.8 Å². The summed E-state index contributed by atoms with van der Waals surface area (Å²) in [6.45, 7) is 0. The first-order chi connectivity index (χ1) is 9.28. The lowest BCUT2D eigenvalue weighted by molar-refractivity contribution is 0.402. The van der Waals surface area contributed by atoms with Gasteiger partial charge in [0.25, 0.3) is 0 Å². The highest BCUT2D eigenvalue weighted by Crippen LogP contribution is 2.21. The van der Waals surface area contributed by atoms with Crippen molar-refractivity contribution in [1.29, 1.82) is 0 Å². The van der Waals surface area contributed by atoms with Gasteiger partial charge in [-0.15, -0.1) is 0 Å². The van der Waals surface area contributed by atoms with Gasteiger partial charge in [-0.3, -0.25) is 0 Å². The fourth-order valence-electron chi connectivity index (χ4n) is 2.03. The second-order valence-electron chi connectivity index (χ2n) is 4.73. The zero-order valence-electron chi connectivity index (χ0n) is 10.8. The Hall–Kier alpha value is -0.920. The van der Waals surface area contributed by atoms with Crippen molar-refractivity contribution in [2.24, 2.45) is 0 Å². The van der Waals surface area contributed by atoms with Crippen molar-refractivity contribution in [2.45, 2.75) is 12.5 Å². The van der Waals surface area contributed by atoms with Crippen molar-refractivity contribution in [3.63, 3.8) is 0 Å². The lowest BCUT2D eigenvalue weighted by atomic mass is 10.2. The molecule has 0 aliphatic carbocycles. The molecule has 0 radical (unpaired) electrons. The van der Waals surface area contributed by atoms with E-state index in [9.17, 15) is 12.8 Å². The Labute approximate surface area is 127 Å². The van der Waals surface area contributed by atoms with Crippen LogP contribution in [0.3, 0.4) is 0 Å². The molecule has 20 heavy (non-hydrogen) atoms. The van der Waals surface area contributed by atoms with Crippen LogP contribution >= 0.6 is 23.8 Å². The predicted octanol–water partition coefficient (Wildman–Crippen LogP) is 2.29. The molecule has 1 heterocycles. The molecule has 1 aliphatic rings. The van der Waals surface area contributed by atoms with Crippen molar-refractivity contribution in [3.8, 4) is 0 Å². The summed E-state index contributed by atoms with van der Waals surface area (Å²) in [4.78, 5) is 1.72. The van der Waals surface area contributed by atoms with Crippen LogP contribution in [0.25, 0.3) is 0 Å². The Morgan fingerprint density at radius 2 is 2.25 bits per heavy atom. The highest BCUT2D eigenvalue weighted by molar-refractivity contribution is 7.91. The third-order valence-corrected chi connectivity index (χ3v) is 5.68. The van der Waals surface area contributed by atoms with Crippen LogP contribution in [0.5, 0.6) is 0 Å². The molecule has 1 fully saturated rings. The van der Waals surface area contributed by atoms with E-state index in [1.165, 1.54) is 18.2 Å². The number of hydrogen-bond acceptors (Lipinski definition) is 3. The first-order valence-corrected chi connectivity index (χ1v) is 8.58. The maximum absolute atomic E-state index is 13.1. The van der Waals surface area contributed by atoms with E-state index >= 15 is 0 Å². The molecule has 0 bridgehead atoms. The van der Waals surface area contributed by atoms with Crippen molar-refractivity contribution in [1.82, 2.24) is 4.90 Å². The number of anilines is 1. The van der Waals surface area contributed by atoms with Crippen LogP contribution in [0.2, 0.25) is 5.02 Å². The predicted molar refractivity (Wildman–Crippen MR) is 82.5 cm³/mol. The maximum atomic E-state index is 13.1. The van der Waals surface area contributed by atoms with Crippen molar-refractivity contribution >= 4 is 44.5 Å². The molecule has 2 rings (SSSR count). The number of halogens is 2. The number of rotatable bonds is 2. The van der Waals surface area contributed by atoms with Gasteiger partial charge in [-0.05, 0) is 36.8 Å². The van der Waals surface area contributed by atoms with Gasteiger partial charge in [0, 0.05) is 18.8 Å². The Balaban J connectivity index is 2.02. The van der Waals surface area contributed by atoms with E-state index in [1.807, 2.05) is 0 Å². The Morgan fingerprint density at radius 1 is 1.55 bits per heavy atom. The van der Waals surface area contributed by atoms with Gasteiger partial charge in [-0.1, -0.05) is 11.6 Å². The smallest absolute Gasteiger partial charge is 0.173 e. The number of sulfone groups is 1. The number of nitrogens with one attached hydrogen (secondary N) is 1. The van der Waals surface area contributed by atoms with E-state index in [2.05, 4.69) is 5.32 Å². The average molecular weight is 337 g/mol. The minimum atomic E-state index is -2.96. The highest BCUT2D eigenvalue weighted by Gasteiger charge is 2.31. The van der Waals surface area contributed by atoms with Crippen LogP contribution in [0.1, 0.15) is 6.42 Å². The number of thiocarbonyl (C=S) groups is 1. The zero-order chi connectivity index (χ0) is 14.9. The maximum Gasteiger partial charge on any atom is 0.173 e. The molecule has 8 heteroatoms. The van der Waals surface area contributed by atoms with Crippen molar-refractivity contribution < 1.29 is 12.8 Å². The molecule has 1 aromatic carbocycles. The van der Waals surface area contributed by atoms with Crippen LogP contribution in [-0.2, 0) is 9.84 Å². The van der Waals surface area contributed by atoms with E-state index in [0.717, 1.165) is 0 Å². The molecule has 1 atom stereocenters. The van der Waals surface area contributed by atoms with Crippen molar-refractivity contribution in [3.05, 3.63) is 29.0 Å². The molecule has 0 spiro atoms. The van der Waals surface area contributed by atoms with E-state index < -0.39 is 15.7 Å². The van der Waals surface area contributed by atoms with Crippen LogP contribution in [0.4, 0.5) is 10.1 Å². The molecule has 1 saturated heterocycles. The van der Waals surface area contributed by atoms with E-state index in [0.29, 0.717) is 17.2 Å². The summed E-state index contributed by atoms with van der Waals surface area (Å²) in [6, 6.07) is 4.07. The first kappa shape index (κ1) is 15.5. The summed E-state index contributed by atoms with van der Waals surface area (Å²) in [5, 5.41) is 3.31. The molecule has 1 aromatic rings. The van der Waals surface area contributed by atoms with Crippen LogP contribution < -0.4 is 5.32 Å². The SMILES string of the molecule is CN(C(=S)Nc1ccc(F)c(Cl)c1)[C@@H]1CCS(=O)(=O)C1. The monoisotopic (exact) mass is 336 g/mol. The molecule has 0 saturated carbocycles. The summed E-state index contributed by atoms with van der Waals surface area (Å²) in [7, 11) is -1.22. The van der Waals surface area contributed by atoms with Gasteiger partial charge in [0.15, 0.2) is 14.9 Å². The highest BCUT2D eigenvalue weighted by atomic mass is 35.5. The summed E-state index contributed by atoms with van der Waals surface area (Å²) in [6.07, 6.45) is 0.560. The van der Waals surface area contributed by atoms with Crippen LogP contribution in [-0.4, -0.2) is 43.0 Å². The molecule has 4 nitrogen and oxygen atoms in total. The Morgan fingerprint density at radius 3 is 2.80 bits per heavy atom. The van der Waals surface area contributed by atoms with Gasteiger partial charge in [0.2, 0.25) is 0 Å². The van der Waals surface area contributed by atoms with Crippen LogP contribution in [0, 0.1) is 5.82 Å². The van der Waals surface area contributed by atoms with Gasteiger partial charge < -0.3 is 10.2 Å². The van der Waals surface area contributed by atoms with E-state index in [1.54, 1.807) is 11.9 Å². The molecular formula is C12H14ClFN2O2S2. The molecular weight excluding hydrogens is 323 g/mol. The lowest BCUT2D eigenvalue weighted by Crippen LogP contribution is -2.40. The number of hydrogen-bond donors (Lipinski definition) is 1. The van der Waals surface area contributed by atoms with Gasteiger partial charge in [0.1, 0.15) is 5.82 Å². The van der Waals surface area contributed by atoms with Crippen molar-refractivity contribution in [2.75, 3.05) is 23.9 Å². The minimum Gasteiger partial charge on any atom is -0.348 e. The summed E-state index contributed by atoms with van der Waals surface area (Å²) < 4.78 is 36.0. The molecule has 0 unspecified atom stereocenters. The van der Waals surface area contributed by atoms with Gasteiger partial charge >= 0.3 is 0 Å². The number of nitrogens with zero attached hydrogens (tertiary/aromatic N) is 1. The molecule has 110 valence electrons. The molecule has 0 amide bonds. The summed E-state index contributed by atoms with van der Waals surface area (Å²) in [5.41, 5.74) is 0.564. The standard InChI is InChI=1S/C12H14ClFN2O2S2/c1-16(9-4-5-20(17,18)7-9)12(19)15-8-2-3-11(14)10(13)6-8/h2-3,6,9H,4-5,7H2,1H3,(H,15,19)/t9-/m1/s1. The van der Waals surface area contributed by atoms with Gasteiger partial charge in [-0.2, -0.15) is 0 Å². The normalized spacial score (nSPS) is 20.6. The van der Waals surface area contributed by atoms with E-state index in [4.69, 9.17) is 23.8 Å². The molecule has 1 aliphatic heterocycles. The Kier molecular flexibility index (Phi) is 4.51. The topological polar surface area (TPSA) is 49.4 Å². The quantitative estimate of drug-likeness (QED) is 0.840. The Bertz CT molecular complexity index is 636. The average Bonchev–Trinajstić information content (AvgIpc) is 2.73. The van der Waals surface area contributed by atoms with Gasteiger partial charge in [0.05, 0.1) is 16.5 Å². The van der Waals surface area contributed by atoms with E-state index in [-0.39, 0.29) is 22.6 Å². The summed E-state index contributed by atoms with van der Waals surface area (Å²) in [5.74, 6) is -0.207. The second kappa shape index (κ2) is 5.83. The van der Waals surface area contributed by atoms with Crippen LogP contribution in [0.15, 0.2) is 18.2 Å². The fraction of sp³-hybridized carbons (Fsp3) is 0.417. The zero-order valence-corrected chi connectivity index (χ0v) is 13.2. The molecule has 0 aromatic heterocycles. The number of benzene rings is 1. The minimum absolute atomic E-state index is 0.00361. The second-order valence-corrected chi connectivity index (χ2v) is 7.75. The summed E-state index contributed by atoms with van der Waals surface area (Å²) >= 11 is 10.9. The third-order valence-electron chi connectivity index (χ3n) is 3.25. The molecule has 1 N–H and O–H groups in total. The largest absolute Gasteiger partial charge is 0.348 e.